The van der Waals surface area contributed by atoms with Crippen molar-refractivity contribution in [2.45, 2.75) is 0 Å². The van der Waals surface area contributed by atoms with Gasteiger partial charge in [-0.3, -0.25) is 4.98 Å². The van der Waals surface area contributed by atoms with Crippen molar-refractivity contribution in [2.75, 3.05) is 19.0 Å². The van der Waals surface area contributed by atoms with E-state index in [9.17, 15) is 0 Å². The summed E-state index contributed by atoms with van der Waals surface area (Å²) in [6, 6.07) is 9.37. The Morgan fingerprint density at radius 2 is 1.95 bits per heavy atom. The molecule has 3 heterocycles. The van der Waals surface area contributed by atoms with Crippen molar-refractivity contribution in [1.82, 2.24) is 30.2 Å². The second-order valence-corrected chi connectivity index (χ2v) is 4.39. The van der Waals surface area contributed by atoms with Crippen LogP contribution in [0.4, 0.5) is 5.82 Å². The predicted octanol–water partition coefficient (Wildman–Crippen LogP) is 1.19. The molecule has 0 radical (unpaired) electrons. The Morgan fingerprint density at radius 1 is 1.05 bits per heavy atom. The molecule has 100 valence electrons. The molecule has 7 nitrogen and oxygen atoms in total. The van der Waals surface area contributed by atoms with Gasteiger partial charge in [-0.05, 0) is 29.5 Å². The van der Waals surface area contributed by atoms with E-state index in [4.69, 9.17) is 0 Å². The standard InChI is InChI=1S/C13H13N7/c1-19(2)12-7-6-10(9-15-12)20-17-13(16-18-20)11-5-3-4-8-14-11/h3-9H,1-2H3. The Balaban J connectivity index is 1.90. The minimum absolute atomic E-state index is 0.488. The molecular formula is C13H13N7. The second kappa shape index (κ2) is 5.04. The Labute approximate surface area is 115 Å². The molecule has 0 amide bonds. The molecule has 7 heteroatoms. The Bertz CT molecular complexity index is 688. The first-order valence-electron chi connectivity index (χ1n) is 6.09. The van der Waals surface area contributed by atoms with E-state index in [1.165, 1.54) is 4.80 Å². The summed E-state index contributed by atoms with van der Waals surface area (Å²) in [5.74, 6) is 1.36. The number of hydrogen-bond donors (Lipinski definition) is 0. The second-order valence-electron chi connectivity index (χ2n) is 4.39. The highest BCUT2D eigenvalue weighted by Gasteiger charge is 2.08. The lowest BCUT2D eigenvalue weighted by atomic mass is 10.3. The van der Waals surface area contributed by atoms with E-state index >= 15 is 0 Å². The van der Waals surface area contributed by atoms with Crippen LogP contribution in [0.1, 0.15) is 0 Å². The summed E-state index contributed by atoms with van der Waals surface area (Å²) in [7, 11) is 3.88. The van der Waals surface area contributed by atoms with Crippen LogP contribution in [-0.4, -0.2) is 44.3 Å². The summed E-state index contributed by atoms with van der Waals surface area (Å²) in [5, 5.41) is 12.3. The summed E-state index contributed by atoms with van der Waals surface area (Å²) >= 11 is 0. The highest BCUT2D eigenvalue weighted by Crippen LogP contribution is 2.12. The number of nitrogens with zero attached hydrogens (tertiary/aromatic N) is 7. The van der Waals surface area contributed by atoms with Crippen LogP contribution in [0.3, 0.4) is 0 Å². The Morgan fingerprint density at radius 3 is 2.60 bits per heavy atom. The lowest BCUT2D eigenvalue weighted by Gasteiger charge is -2.10. The van der Waals surface area contributed by atoms with Crippen molar-refractivity contribution in [3.05, 3.63) is 42.7 Å². The maximum Gasteiger partial charge on any atom is 0.223 e. The number of aromatic nitrogens is 6. The van der Waals surface area contributed by atoms with Gasteiger partial charge in [0.25, 0.3) is 0 Å². The molecule has 0 bridgehead atoms. The van der Waals surface area contributed by atoms with Crippen LogP contribution in [0.5, 0.6) is 0 Å². The molecule has 0 aliphatic carbocycles. The van der Waals surface area contributed by atoms with Crippen LogP contribution < -0.4 is 4.90 Å². The Kier molecular flexibility index (Phi) is 3.08. The third kappa shape index (κ3) is 2.33. The van der Waals surface area contributed by atoms with Crippen LogP contribution >= 0.6 is 0 Å². The molecule has 0 aliphatic rings. The zero-order valence-electron chi connectivity index (χ0n) is 11.2. The van der Waals surface area contributed by atoms with Crippen molar-refractivity contribution in [2.24, 2.45) is 0 Å². The van der Waals surface area contributed by atoms with Gasteiger partial charge in [0.2, 0.25) is 5.82 Å². The monoisotopic (exact) mass is 267 g/mol. The van der Waals surface area contributed by atoms with E-state index in [1.807, 2.05) is 49.3 Å². The molecule has 3 aromatic heterocycles. The van der Waals surface area contributed by atoms with Gasteiger partial charge >= 0.3 is 0 Å². The average molecular weight is 267 g/mol. The third-order valence-corrected chi connectivity index (χ3v) is 2.73. The SMILES string of the molecule is CN(C)c1ccc(-n2nnc(-c3ccccn3)n2)cn1. The molecule has 0 spiro atoms. The van der Waals surface area contributed by atoms with Crippen molar-refractivity contribution in [3.63, 3.8) is 0 Å². The number of pyridine rings is 2. The van der Waals surface area contributed by atoms with E-state index in [-0.39, 0.29) is 0 Å². The van der Waals surface area contributed by atoms with Gasteiger partial charge in [-0.2, -0.15) is 0 Å². The van der Waals surface area contributed by atoms with Crippen LogP contribution in [0.2, 0.25) is 0 Å². The number of hydrogen-bond acceptors (Lipinski definition) is 6. The van der Waals surface area contributed by atoms with Gasteiger partial charge in [-0.15, -0.1) is 15.0 Å². The van der Waals surface area contributed by atoms with Gasteiger partial charge in [-0.1, -0.05) is 6.07 Å². The van der Waals surface area contributed by atoms with E-state index in [1.54, 1.807) is 12.4 Å². The average Bonchev–Trinajstić information content (AvgIpc) is 2.98. The molecule has 3 rings (SSSR count). The minimum atomic E-state index is 0.488. The summed E-state index contributed by atoms with van der Waals surface area (Å²) in [6.07, 6.45) is 3.41. The van der Waals surface area contributed by atoms with E-state index in [0.717, 1.165) is 11.5 Å². The van der Waals surface area contributed by atoms with Crippen molar-refractivity contribution in [1.29, 1.82) is 0 Å². The lowest BCUT2D eigenvalue weighted by molar-refractivity contribution is 0.717. The van der Waals surface area contributed by atoms with Gasteiger partial charge < -0.3 is 4.90 Å². The molecular weight excluding hydrogens is 254 g/mol. The van der Waals surface area contributed by atoms with Crippen LogP contribution in [-0.2, 0) is 0 Å². The van der Waals surface area contributed by atoms with Gasteiger partial charge in [0.1, 0.15) is 17.2 Å². The van der Waals surface area contributed by atoms with Crippen molar-refractivity contribution >= 4 is 5.82 Å². The maximum atomic E-state index is 4.32. The van der Waals surface area contributed by atoms with E-state index < -0.39 is 0 Å². The highest BCUT2D eigenvalue weighted by atomic mass is 15.6. The molecule has 0 aliphatic heterocycles. The fraction of sp³-hybridized carbons (Fsp3) is 0.154. The van der Waals surface area contributed by atoms with E-state index in [0.29, 0.717) is 11.5 Å². The molecule has 0 aromatic carbocycles. The summed E-state index contributed by atoms with van der Waals surface area (Å²) in [5.41, 5.74) is 1.45. The first kappa shape index (κ1) is 12.2. The van der Waals surface area contributed by atoms with Crippen molar-refractivity contribution in [3.8, 4) is 17.2 Å². The number of tetrazole rings is 1. The van der Waals surface area contributed by atoms with E-state index in [2.05, 4.69) is 25.4 Å². The molecule has 20 heavy (non-hydrogen) atoms. The first-order valence-corrected chi connectivity index (χ1v) is 6.09. The zero-order chi connectivity index (χ0) is 13.9. The van der Waals surface area contributed by atoms with Crippen LogP contribution in [0.15, 0.2) is 42.7 Å². The largest absolute Gasteiger partial charge is 0.363 e. The molecule has 0 saturated carbocycles. The van der Waals surface area contributed by atoms with Crippen molar-refractivity contribution < 1.29 is 0 Å². The molecule has 0 atom stereocenters. The molecule has 0 unspecified atom stereocenters. The topological polar surface area (TPSA) is 72.6 Å². The smallest absolute Gasteiger partial charge is 0.223 e. The van der Waals surface area contributed by atoms with Gasteiger partial charge in [0, 0.05) is 20.3 Å². The predicted molar refractivity (Wildman–Crippen MR) is 74.5 cm³/mol. The third-order valence-electron chi connectivity index (χ3n) is 2.73. The van der Waals surface area contributed by atoms with Gasteiger partial charge in [0.15, 0.2) is 0 Å². The number of anilines is 1. The fourth-order valence-electron chi connectivity index (χ4n) is 1.68. The molecule has 0 N–H and O–H groups in total. The summed E-state index contributed by atoms with van der Waals surface area (Å²) < 4.78 is 0. The summed E-state index contributed by atoms with van der Waals surface area (Å²) in [6.45, 7) is 0. The normalized spacial score (nSPS) is 10.5. The quantitative estimate of drug-likeness (QED) is 0.709. The minimum Gasteiger partial charge on any atom is -0.363 e. The maximum absolute atomic E-state index is 4.32. The Hall–Kier alpha value is -2.83. The lowest BCUT2D eigenvalue weighted by Crippen LogP contribution is -2.10. The molecule has 3 aromatic rings. The van der Waals surface area contributed by atoms with Gasteiger partial charge in [-0.25, -0.2) is 4.98 Å². The fourth-order valence-corrected chi connectivity index (χ4v) is 1.68. The van der Waals surface area contributed by atoms with Crippen LogP contribution in [0, 0.1) is 0 Å². The molecule has 0 saturated heterocycles. The zero-order valence-corrected chi connectivity index (χ0v) is 11.2. The summed E-state index contributed by atoms with van der Waals surface area (Å²) in [4.78, 5) is 11.9. The van der Waals surface area contributed by atoms with Gasteiger partial charge in [0.05, 0.1) is 6.20 Å². The highest BCUT2D eigenvalue weighted by molar-refractivity contribution is 5.47. The van der Waals surface area contributed by atoms with Crippen LogP contribution in [0.25, 0.3) is 17.2 Å². The first-order chi connectivity index (χ1) is 9.74. The molecule has 0 fully saturated rings. The number of rotatable bonds is 3.